The molecule has 1 rings (SSSR count). The predicted molar refractivity (Wildman–Crippen MR) is 67.9 cm³/mol. The van der Waals surface area contributed by atoms with Crippen LogP contribution in [0.5, 0.6) is 0 Å². The van der Waals surface area contributed by atoms with Crippen LogP contribution >= 0.6 is 11.3 Å². The summed E-state index contributed by atoms with van der Waals surface area (Å²) in [4.78, 5) is 2.74. The second kappa shape index (κ2) is 6.35. The Balaban J connectivity index is 2.45. The first kappa shape index (κ1) is 13.6. The number of thiophene rings is 1. The second-order valence-corrected chi connectivity index (χ2v) is 5.30. The lowest BCUT2D eigenvalue weighted by Gasteiger charge is -2.21. The Bertz CT molecular complexity index is 301. The molecule has 0 bridgehead atoms. The first-order chi connectivity index (χ1) is 7.58. The molecule has 1 aromatic heterocycles. The largest absolute Gasteiger partial charge is 0.354 e. The summed E-state index contributed by atoms with van der Waals surface area (Å²) in [6.07, 6.45) is -0.192. The number of methoxy groups -OCH3 is 2. The van der Waals surface area contributed by atoms with E-state index in [1.165, 1.54) is 15.3 Å². The Kier molecular flexibility index (Phi) is 5.41. The smallest absolute Gasteiger partial charge is 0.171 e. The van der Waals surface area contributed by atoms with Crippen LogP contribution in [0.3, 0.4) is 0 Å². The van der Waals surface area contributed by atoms with E-state index in [-0.39, 0.29) is 12.3 Å². The highest BCUT2D eigenvalue weighted by Crippen LogP contribution is 2.20. The highest BCUT2D eigenvalue weighted by Gasteiger charge is 2.15. The van der Waals surface area contributed by atoms with E-state index >= 15 is 0 Å². The lowest BCUT2D eigenvalue weighted by molar-refractivity contribution is -0.119. The molecule has 0 spiro atoms. The highest BCUT2D eigenvalue weighted by atomic mass is 32.1. The maximum absolute atomic E-state index is 5.20. The van der Waals surface area contributed by atoms with Crippen molar-refractivity contribution in [2.24, 2.45) is 0 Å². The third-order valence-corrected chi connectivity index (χ3v) is 3.84. The van der Waals surface area contributed by atoms with Crippen LogP contribution in [0, 0.1) is 13.8 Å². The molecule has 3 nitrogen and oxygen atoms in total. The van der Waals surface area contributed by atoms with Crippen molar-refractivity contribution in [2.75, 3.05) is 14.2 Å². The molecule has 0 amide bonds. The Morgan fingerprint density at radius 1 is 1.31 bits per heavy atom. The van der Waals surface area contributed by atoms with Gasteiger partial charge in [0.2, 0.25) is 0 Å². The molecule has 16 heavy (non-hydrogen) atoms. The SMILES string of the molecule is COC(OC)C(C)NCc1cc(C)c(C)s1. The molecule has 0 fully saturated rings. The number of rotatable bonds is 6. The van der Waals surface area contributed by atoms with E-state index in [2.05, 4.69) is 32.2 Å². The first-order valence-corrected chi connectivity index (χ1v) is 6.25. The fourth-order valence-corrected chi connectivity index (χ4v) is 2.60. The van der Waals surface area contributed by atoms with Crippen molar-refractivity contribution in [1.29, 1.82) is 0 Å². The summed E-state index contributed by atoms with van der Waals surface area (Å²) in [7, 11) is 3.32. The molecule has 0 aromatic carbocycles. The summed E-state index contributed by atoms with van der Waals surface area (Å²) >= 11 is 1.84. The van der Waals surface area contributed by atoms with Gasteiger partial charge in [0.15, 0.2) is 6.29 Å². The summed E-state index contributed by atoms with van der Waals surface area (Å²) in [5.74, 6) is 0. The van der Waals surface area contributed by atoms with Crippen LogP contribution in [0.4, 0.5) is 0 Å². The van der Waals surface area contributed by atoms with Crippen LogP contribution < -0.4 is 5.32 Å². The zero-order valence-electron chi connectivity index (χ0n) is 10.7. The van der Waals surface area contributed by atoms with Gasteiger partial charge in [0, 0.05) is 30.5 Å². The lowest BCUT2D eigenvalue weighted by atomic mass is 10.2. The lowest BCUT2D eigenvalue weighted by Crippen LogP contribution is -2.39. The Labute approximate surface area is 102 Å². The van der Waals surface area contributed by atoms with E-state index < -0.39 is 0 Å². The van der Waals surface area contributed by atoms with E-state index in [1.807, 2.05) is 11.3 Å². The predicted octanol–water partition coefficient (Wildman–Crippen LogP) is 2.46. The molecule has 1 unspecified atom stereocenters. The zero-order valence-corrected chi connectivity index (χ0v) is 11.5. The van der Waals surface area contributed by atoms with Crippen LogP contribution in [0.15, 0.2) is 6.07 Å². The van der Waals surface area contributed by atoms with E-state index in [9.17, 15) is 0 Å². The number of aryl methyl sites for hydroxylation is 2. The van der Waals surface area contributed by atoms with Gasteiger partial charge in [-0.05, 0) is 32.4 Å². The van der Waals surface area contributed by atoms with Gasteiger partial charge in [-0.15, -0.1) is 11.3 Å². The molecule has 1 heterocycles. The molecule has 0 aliphatic heterocycles. The molecule has 92 valence electrons. The third-order valence-electron chi connectivity index (χ3n) is 2.69. The second-order valence-electron chi connectivity index (χ2n) is 3.96. The average molecular weight is 243 g/mol. The third kappa shape index (κ3) is 3.56. The summed E-state index contributed by atoms with van der Waals surface area (Å²) in [6, 6.07) is 2.41. The van der Waals surface area contributed by atoms with Crippen molar-refractivity contribution in [3.63, 3.8) is 0 Å². The van der Waals surface area contributed by atoms with Gasteiger partial charge in [0.1, 0.15) is 0 Å². The van der Waals surface area contributed by atoms with Crippen molar-refractivity contribution in [2.45, 2.75) is 39.6 Å². The van der Waals surface area contributed by atoms with Gasteiger partial charge >= 0.3 is 0 Å². The molecule has 1 atom stereocenters. The number of hydrogen-bond donors (Lipinski definition) is 1. The molecule has 1 N–H and O–H groups in total. The minimum absolute atomic E-state index is 0.178. The van der Waals surface area contributed by atoms with Crippen molar-refractivity contribution >= 4 is 11.3 Å². The highest BCUT2D eigenvalue weighted by molar-refractivity contribution is 7.12. The minimum Gasteiger partial charge on any atom is -0.354 e. The molecule has 1 aromatic rings. The van der Waals surface area contributed by atoms with Gasteiger partial charge in [-0.2, -0.15) is 0 Å². The maximum Gasteiger partial charge on any atom is 0.171 e. The van der Waals surface area contributed by atoms with Gasteiger partial charge in [0.05, 0.1) is 6.04 Å². The van der Waals surface area contributed by atoms with E-state index in [0.717, 1.165) is 6.54 Å². The van der Waals surface area contributed by atoms with Gasteiger partial charge < -0.3 is 14.8 Å². The number of ether oxygens (including phenoxy) is 2. The van der Waals surface area contributed by atoms with Crippen LogP contribution in [0.1, 0.15) is 22.2 Å². The van der Waals surface area contributed by atoms with E-state index in [4.69, 9.17) is 9.47 Å². The van der Waals surface area contributed by atoms with Crippen LogP contribution in [-0.4, -0.2) is 26.6 Å². The average Bonchev–Trinajstić information content (AvgIpc) is 2.57. The fraction of sp³-hybridized carbons (Fsp3) is 0.667. The number of nitrogens with one attached hydrogen (secondary N) is 1. The van der Waals surface area contributed by atoms with E-state index in [0.29, 0.717) is 0 Å². The Morgan fingerprint density at radius 3 is 2.38 bits per heavy atom. The minimum atomic E-state index is -0.192. The molecule has 0 aliphatic rings. The van der Waals surface area contributed by atoms with Crippen LogP contribution in [0.2, 0.25) is 0 Å². The van der Waals surface area contributed by atoms with Crippen molar-refractivity contribution in [3.8, 4) is 0 Å². The van der Waals surface area contributed by atoms with Crippen LogP contribution in [-0.2, 0) is 16.0 Å². The van der Waals surface area contributed by atoms with Crippen molar-refractivity contribution < 1.29 is 9.47 Å². The van der Waals surface area contributed by atoms with Crippen molar-refractivity contribution in [1.82, 2.24) is 5.32 Å². The normalized spacial score (nSPS) is 13.4. The molecule has 0 saturated carbocycles. The molecule has 0 radical (unpaired) electrons. The summed E-state index contributed by atoms with van der Waals surface area (Å²) in [5.41, 5.74) is 1.37. The monoisotopic (exact) mass is 243 g/mol. The van der Waals surface area contributed by atoms with Gasteiger partial charge in [-0.25, -0.2) is 0 Å². The number of hydrogen-bond acceptors (Lipinski definition) is 4. The fourth-order valence-electron chi connectivity index (χ4n) is 1.60. The molecule has 0 aliphatic carbocycles. The Hall–Kier alpha value is -0.420. The molecular formula is C12H21NO2S. The van der Waals surface area contributed by atoms with Gasteiger partial charge in [-0.3, -0.25) is 0 Å². The standard InChI is InChI=1S/C12H21NO2S/c1-8-6-11(16-10(8)3)7-13-9(2)12(14-4)15-5/h6,9,12-13H,7H2,1-5H3. The van der Waals surface area contributed by atoms with Gasteiger partial charge in [-0.1, -0.05) is 0 Å². The quantitative estimate of drug-likeness (QED) is 0.779. The maximum atomic E-state index is 5.20. The summed E-state index contributed by atoms with van der Waals surface area (Å²) in [5, 5.41) is 3.40. The van der Waals surface area contributed by atoms with Crippen LogP contribution in [0.25, 0.3) is 0 Å². The van der Waals surface area contributed by atoms with Gasteiger partial charge in [0.25, 0.3) is 0 Å². The summed E-state index contributed by atoms with van der Waals surface area (Å²) in [6.45, 7) is 7.22. The topological polar surface area (TPSA) is 30.5 Å². The molecule has 0 saturated heterocycles. The van der Waals surface area contributed by atoms with E-state index in [1.54, 1.807) is 14.2 Å². The Morgan fingerprint density at radius 2 is 1.94 bits per heavy atom. The van der Waals surface area contributed by atoms with Crippen molar-refractivity contribution in [3.05, 3.63) is 21.4 Å². The first-order valence-electron chi connectivity index (χ1n) is 5.43. The zero-order chi connectivity index (χ0) is 12.1. The molecule has 4 heteroatoms. The summed E-state index contributed by atoms with van der Waals surface area (Å²) < 4.78 is 10.4. The molecular weight excluding hydrogens is 222 g/mol.